The Labute approximate surface area is 126 Å². The molecule has 1 heterocycles. The summed E-state index contributed by atoms with van der Waals surface area (Å²) in [5.41, 5.74) is 0.381. The van der Waals surface area contributed by atoms with E-state index in [1.165, 1.54) is 0 Å². The molecule has 5 heteroatoms. The Hall–Kier alpha value is -1.62. The Morgan fingerprint density at radius 3 is 2.76 bits per heavy atom. The van der Waals surface area contributed by atoms with Crippen LogP contribution in [0.15, 0.2) is 18.3 Å². The second-order valence-electron chi connectivity index (χ2n) is 5.96. The number of nitrogens with zero attached hydrogens (tertiary/aromatic N) is 1. The average molecular weight is 291 g/mol. The maximum atomic E-state index is 11.8. The number of aryl methyl sites for hydroxylation is 1. The number of hydrogen-bond acceptors (Lipinski definition) is 4. The fourth-order valence-electron chi connectivity index (χ4n) is 2.68. The van der Waals surface area contributed by atoms with Gasteiger partial charge in [0.05, 0.1) is 12.0 Å². The third-order valence-electron chi connectivity index (χ3n) is 3.92. The molecule has 1 aliphatic carbocycles. The third kappa shape index (κ3) is 5.34. The van der Waals surface area contributed by atoms with E-state index in [9.17, 15) is 9.90 Å². The third-order valence-corrected chi connectivity index (χ3v) is 3.92. The van der Waals surface area contributed by atoms with Crippen LogP contribution >= 0.6 is 0 Å². The molecule has 0 spiro atoms. The summed E-state index contributed by atoms with van der Waals surface area (Å²) < 4.78 is 0. The van der Waals surface area contributed by atoms with E-state index in [1.54, 1.807) is 0 Å². The van der Waals surface area contributed by atoms with Crippen LogP contribution in [0.2, 0.25) is 0 Å². The van der Waals surface area contributed by atoms with Gasteiger partial charge in [0, 0.05) is 19.3 Å². The molecule has 21 heavy (non-hydrogen) atoms. The lowest BCUT2D eigenvalue weighted by Gasteiger charge is -2.21. The maximum absolute atomic E-state index is 11.8. The van der Waals surface area contributed by atoms with Gasteiger partial charge in [-0.05, 0) is 37.8 Å². The standard InChI is InChI=1S/C16H25N3O2/c1-13-5-6-14(19-12-13)17-9-4-10-18-15(20)11-16(21)7-2-3-8-16/h5-6,12,21H,2-4,7-11H2,1H3,(H,17,19)(H,18,20). The Morgan fingerprint density at radius 1 is 1.33 bits per heavy atom. The van der Waals surface area contributed by atoms with Crippen molar-refractivity contribution in [3.8, 4) is 0 Å². The quantitative estimate of drug-likeness (QED) is 0.672. The van der Waals surface area contributed by atoms with Gasteiger partial charge in [0.2, 0.25) is 5.91 Å². The van der Waals surface area contributed by atoms with Crippen molar-refractivity contribution in [2.24, 2.45) is 0 Å². The first-order valence-electron chi connectivity index (χ1n) is 7.73. The normalized spacial score (nSPS) is 16.7. The lowest BCUT2D eigenvalue weighted by Crippen LogP contribution is -2.35. The zero-order chi connectivity index (χ0) is 15.1. The maximum Gasteiger partial charge on any atom is 0.222 e. The number of nitrogens with one attached hydrogen (secondary N) is 2. The molecule has 0 atom stereocenters. The summed E-state index contributed by atoms with van der Waals surface area (Å²) >= 11 is 0. The van der Waals surface area contributed by atoms with Crippen LogP contribution in [-0.4, -0.2) is 34.7 Å². The first-order valence-corrected chi connectivity index (χ1v) is 7.73. The fourth-order valence-corrected chi connectivity index (χ4v) is 2.68. The highest BCUT2D eigenvalue weighted by Gasteiger charge is 2.33. The number of carbonyl (C=O) groups is 1. The highest BCUT2D eigenvalue weighted by Crippen LogP contribution is 2.32. The lowest BCUT2D eigenvalue weighted by molar-refractivity contribution is -0.125. The van der Waals surface area contributed by atoms with Crippen LogP contribution < -0.4 is 10.6 Å². The first-order chi connectivity index (χ1) is 10.1. The summed E-state index contributed by atoms with van der Waals surface area (Å²) in [5, 5.41) is 16.2. The summed E-state index contributed by atoms with van der Waals surface area (Å²) in [6, 6.07) is 3.96. The van der Waals surface area contributed by atoms with E-state index in [0.717, 1.165) is 50.0 Å². The zero-order valence-electron chi connectivity index (χ0n) is 12.7. The molecule has 1 aromatic rings. The number of pyridine rings is 1. The van der Waals surface area contributed by atoms with Crippen LogP contribution in [0.4, 0.5) is 5.82 Å². The van der Waals surface area contributed by atoms with Crippen molar-refractivity contribution in [3.05, 3.63) is 23.9 Å². The largest absolute Gasteiger partial charge is 0.389 e. The molecular formula is C16H25N3O2. The number of aromatic nitrogens is 1. The monoisotopic (exact) mass is 291 g/mol. The molecule has 0 unspecified atom stereocenters. The topological polar surface area (TPSA) is 74.2 Å². The van der Waals surface area contributed by atoms with E-state index in [4.69, 9.17) is 0 Å². The molecule has 0 saturated heterocycles. The van der Waals surface area contributed by atoms with Crippen LogP contribution in [0.5, 0.6) is 0 Å². The molecule has 1 aromatic heterocycles. The molecule has 1 fully saturated rings. The predicted octanol–water partition coefficient (Wildman–Crippen LogP) is 2.00. The van der Waals surface area contributed by atoms with Gasteiger partial charge in [-0.25, -0.2) is 4.98 Å². The average Bonchev–Trinajstić information content (AvgIpc) is 2.87. The minimum Gasteiger partial charge on any atom is -0.389 e. The van der Waals surface area contributed by atoms with Crippen molar-refractivity contribution in [2.45, 2.75) is 51.0 Å². The number of amides is 1. The smallest absolute Gasteiger partial charge is 0.222 e. The molecule has 0 radical (unpaired) electrons. The van der Waals surface area contributed by atoms with Crippen molar-refractivity contribution >= 4 is 11.7 Å². The van der Waals surface area contributed by atoms with Gasteiger partial charge in [0.15, 0.2) is 0 Å². The molecule has 1 saturated carbocycles. The number of aliphatic hydroxyl groups is 1. The zero-order valence-corrected chi connectivity index (χ0v) is 12.7. The van der Waals surface area contributed by atoms with Crippen LogP contribution in [0.25, 0.3) is 0 Å². The van der Waals surface area contributed by atoms with Crippen LogP contribution in [0.1, 0.15) is 44.1 Å². The van der Waals surface area contributed by atoms with Gasteiger partial charge in [-0.15, -0.1) is 0 Å². The molecule has 0 aromatic carbocycles. The Balaban J connectivity index is 1.57. The highest BCUT2D eigenvalue weighted by molar-refractivity contribution is 5.77. The lowest BCUT2D eigenvalue weighted by atomic mass is 9.98. The van der Waals surface area contributed by atoms with Gasteiger partial charge in [-0.1, -0.05) is 18.9 Å². The van der Waals surface area contributed by atoms with E-state index < -0.39 is 5.60 Å². The predicted molar refractivity (Wildman–Crippen MR) is 83.1 cm³/mol. The summed E-state index contributed by atoms with van der Waals surface area (Å²) in [7, 11) is 0. The van der Waals surface area contributed by atoms with Gasteiger partial charge in [0.1, 0.15) is 5.82 Å². The Bertz CT molecular complexity index is 453. The molecule has 1 amide bonds. The van der Waals surface area contributed by atoms with Gasteiger partial charge < -0.3 is 15.7 Å². The molecule has 3 N–H and O–H groups in total. The van der Waals surface area contributed by atoms with E-state index in [1.807, 2.05) is 25.3 Å². The minimum atomic E-state index is -0.756. The van der Waals surface area contributed by atoms with Gasteiger partial charge in [0.25, 0.3) is 0 Å². The number of anilines is 1. The van der Waals surface area contributed by atoms with Crippen molar-refractivity contribution in [1.29, 1.82) is 0 Å². The van der Waals surface area contributed by atoms with E-state index in [2.05, 4.69) is 15.6 Å². The van der Waals surface area contributed by atoms with E-state index >= 15 is 0 Å². The van der Waals surface area contributed by atoms with Crippen molar-refractivity contribution in [3.63, 3.8) is 0 Å². The summed E-state index contributed by atoms with van der Waals surface area (Å²) in [4.78, 5) is 16.0. The second-order valence-corrected chi connectivity index (χ2v) is 5.96. The molecular weight excluding hydrogens is 266 g/mol. The Kier molecular flexibility index (Phi) is 5.56. The molecule has 116 valence electrons. The first kappa shape index (κ1) is 15.8. The molecule has 2 rings (SSSR count). The molecule has 0 aliphatic heterocycles. The van der Waals surface area contributed by atoms with E-state index in [-0.39, 0.29) is 12.3 Å². The summed E-state index contributed by atoms with van der Waals surface area (Å²) in [5.74, 6) is 0.806. The SMILES string of the molecule is Cc1ccc(NCCCNC(=O)CC2(O)CCCC2)nc1. The van der Waals surface area contributed by atoms with Crippen LogP contribution in [-0.2, 0) is 4.79 Å². The molecule has 0 bridgehead atoms. The van der Waals surface area contributed by atoms with Gasteiger partial charge >= 0.3 is 0 Å². The van der Waals surface area contributed by atoms with E-state index in [0.29, 0.717) is 6.54 Å². The molecule has 5 nitrogen and oxygen atoms in total. The van der Waals surface area contributed by atoms with Crippen molar-refractivity contribution in [1.82, 2.24) is 10.3 Å². The Morgan fingerprint density at radius 2 is 2.10 bits per heavy atom. The number of rotatable bonds is 7. The van der Waals surface area contributed by atoms with Gasteiger partial charge in [-0.3, -0.25) is 4.79 Å². The van der Waals surface area contributed by atoms with Gasteiger partial charge in [-0.2, -0.15) is 0 Å². The van der Waals surface area contributed by atoms with Crippen molar-refractivity contribution < 1.29 is 9.90 Å². The number of carbonyl (C=O) groups excluding carboxylic acids is 1. The van der Waals surface area contributed by atoms with Crippen LogP contribution in [0.3, 0.4) is 0 Å². The highest BCUT2D eigenvalue weighted by atomic mass is 16.3. The second kappa shape index (κ2) is 7.41. The fraction of sp³-hybridized carbons (Fsp3) is 0.625. The van der Waals surface area contributed by atoms with Crippen LogP contribution in [0, 0.1) is 6.92 Å². The summed E-state index contributed by atoms with van der Waals surface area (Å²) in [6.45, 7) is 3.39. The molecule has 1 aliphatic rings. The number of hydrogen-bond donors (Lipinski definition) is 3. The summed E-state index contributed by atoms with van der Waals surface area (Å²) in [6.07, 6.45) is 6.45. The van der Waals surface area contributed by atoms with Crippen molar-refractivity contribution in [2.75, 3.05) is 18.4 Å². The minimum absolute atomic E-state index is 0.0483.